The van der Waals surface area contributed by atoms with Crippen molar-refractivity contribution in [3.8, 4) is 5.75 Å². The lowest BCUT2D eigenvalue weighted by Crippen LogP contribution is -2.42. The third-order valence-electron chi connectivity index (χ3n) is 5.33. The molecule has 3 rings (SSSR count). The molecule has 0 radical (unpaired) electrons. The lowest BCUT2D eigenvalue weighted by molar-refractivity contribution is -0.136. The molecule has 0 spiro atoms. The topological polar surface area (TPSA) is 108 Å². The molecule has 0 unspecified atom stereocenters. The van der Waals surface area contributed by atoms with Crippen LogP contribution in [0.3, 0.4) is 0 Å². The van der Waals surface area contributed by atoms with Gasteiger partial charge in [-0.05, 0) is 32.4 Å². The average molecular weight is 431 g/mol. The molecule has 0 bridgehead atoms. The van der Waals surface area contributed by atoms with E-state index in [4.69, 9.17) is 9.47 Å². The highest BCUT2D eigenvalue weighted by Crippen LogP contribution is 2.38. The predicted octanol–water partition coefficient (Wildman–Crippen LogP) is 1.52. The van der Waals surface area contributed by atoms with Crippen LogP contribution in [-0.2, 0) is 19.1 Å². The van der Waals surface area contributed by atoms with Gasteiger partial charge in [0.1, 0.15) is 18.1 Å². The largest absolute Gasteiger partial charge is 0.490 e. The Morgan fingerprint density at radius 2 is 2.03 bits per heavy atom. The molecule has 0 fully saturated rings. The summed E-state index contributed by atoms with van der Waals surface area (Å²) in [7, 11) is 1.25. The normalized spacial score (nSPS) is 18.0. The molecule has 31 heavy (non-hydrogen) atoms. The third-order valence-corrected chi connectivity index (χ3v) is 5.33. The van der Waals surface area contributed by atoms with Gasteiger partial charge < -0.3 is 29.7 Å². The van der Waals surface area contributed by atoms with E-state index in [9.17, 15) is 19.5 Å². The van der Waals surface area contributed by atoms with Gasteiger partial charge in [-0.3, -0.25) is 9.59 Å². The first kappa shape index (κ1) is 22.6. The molecule has 0 saturated carbocycles. The molecular weight excluding hydrogens is 402 g/mol. The van der Waals surface area contributed by atoms with E-state index in [0.29, 0.717) is 23.7 Å². The highest BCUT2D eigenvalue weighted by atomic mass is 16.5. The fourth-order valence-electron chi connectivity index (χ4n) is 3.66. The summed E-state index contributed by atoms with van der Waals surface area (Å²) in [6.07, 6.45) is 0.797. The Kier molecular flexibility index (Phi) is 6.54. The smallest absolute Gasteiger partial charge is 0.337 e. The van der Waals surface area contributed by atoms with E-state index in [1.165, 1.54) is 12.0 Å². The number of amides is 2. The van der Waals surface area contributed by atoms with Gasteiger partial charge in [0.05, 0.1) is 36.9 Å². The first-order valence-corrected chi connectivity index (χ1v) is 10.3. The molecule has 9 heteroatoms. The van der Waals surface area contributed by atoms with Crippen molar-refractivity contribution in [1.29, 1.82) is 0 Å². The van der Waals surface area contributed by atoms with Crippen LogP contribution in [0.1, 0.15) is 27.2 Å². The lowest BCUT2D eigenvalue weighted by atomic mass is 9.93. The number of fused-ring (bicyclic) bond motifs is 1. The molecule has 0 aromatic heterocycles. The number of hydrogen-bond acceptors (Lipinski definition) is 7. The van der Waals surface area contributed by atoms with E-state index in [1.807, 2.05) is 20.8 Å². The number of anilines is 2. The van der Waals surface area contributed by atoms with E-state index < -0.39 is 17.3 Å². The van der Waals surface area contributed by atoms with Crippen LogP contribution in [0, 0.1) is 5.41 Å². The van der Waals surface area contributed by atoms with Crippen LogP contribution in [0.2, 0.25) is 0 Å². The molecule has 1 aromatic rings. The van der Waals surface area contributed by atoms with Crippen molar-refractivity contribution in [1.82, 2.24) is 4.90 Å². The molecule has 0 saturated heterocycles. The van der Waals surface area contributed by atoms with Crippen molar-refractivity contribution < 1.29 is 29.0 Å². The number of aliphatic hydroxyl groups excluding tert-OH is 1. The van der Waals surface area contributed by atoms with Gasteiger partial charge in [0.25, 0.3) is 5.91 Å². The van der Waals surface area contributed by atoms with Gasteiger partial charge in [0.15, 0.2) is 0 Å². The van der Waals surface area contributed by atoms with Crippen LogP contribution in [0.25, 0.3) is 0 Å². The molecule has 0 atom stereocenters. The standard InChI is InChI=1S/C22H29N3O6/c1-5-8-25-16-7-6-14(11-17(16)31-13-22(2,3)21(25)29)23-18-15(20(28)30-4)12-24(9-10-26)19(18)27/h6-7,11,23,26H,5,8-10,12-13H2,1-4H3. The van der Waals surface area contributed by atoms with Gasteiger partial charge in [-0.15, -0.1) is 0 Å². The summed E-state index contributed by atoms with van der Waals surface area (Å²) in [6.45, 7) is 6.46. The van der Waals surface area contributed by atoms with Gasteiger partial charge in [-0.2, -0.15) is 0 Å². The van der Waals surface area contributed by atoms with Crippen LogP contribution < -0.4 is 15.0 Å². The van der Waals surface area contributed by atoms with Gasteiger partial charge in [0, 0.05) is 24.8 Å². The number of esters is 1. The van der Waals surface area contributed by atoms with Crippen molar-refractivity contribution in [2.24, 2.45) is 5.41 Å². The Hall–Kier alpha value is -3.07. The molecule has 2 amide bonds. The number of nitrogens with zero attached hydrogens (tertiary/aromatic N) is 2. The number of benzene rings is 1. The van der Waals surface area contributed by atoms with Crippen molar-refractivity contribution in [2.75, 3.05) is 50.2 Å². The number of hydrogen-bond donors (Lipinski definition) is 2. The van der Waals surface area contributed by atoms with Crippen molar-refractivity contribution in [3.05, 3.63) is 29.5 Å². The Bertz CT molecular complexity index is 924. The molecule has 0 aliphatic carbocycles. The molecule has 1 aromatic carbocycles. The second-order valence-electron chi connectivity index (χ2n) is 8.23. The fourth-order valence-corrected chi connectivity index (χ4v) is 3.66. The number of aliphatic hydroxyl groups is 1. The number of carbonyl (C=O) groups excluding carboxylic acids is 3. The molecule has 2 heterocycles. The lowest BCUT2D eigenvalue weighted by Gasteiger charge is -2.27. The molecule has 2 N–H and O–H groups in total. The number of methoxy groups -OCH3 is 1. The van der Waals surface area contributed by atoms with Crippen LogP contribution in [0.4, 0.5) is 11.4 Å². The Balaban J connectivity index is 1.95. The Morgan fingerprint density at radius 3 is 2.68 bits per heavy atom. The van der Waals surface area contributed by atoms with Crippen molar-refractivity contribution in [3.63, 3.8) is 0 Å². The summed E-state index contributed by atoms with van der Waals surface area (Å²) in [5.41, 5.74) is 0.841. The summed E-state index contributed by atoms with van der Waals surface area (Å²) in [6, 6.07) is 5.23. The van der Waals surface area contributed by atoms with Crippen LogP contribution in [0.15, 0.2) is 29.5 Å². The summed E-state index contributed by atoms with van der Waals surface area (Å²) in [5, 5.41) is 12.2. The van der Waals surface area contributed by atoms with E-state index in [1.54, 1.807) is 23.1 Å². The van der Waals surface area contributed by atoms with Crippen LogP contribution >= 0.6 is 0 Å². The first-order valence-electron chi connectivity index (χ1n) is 10.3. The van der Waals surface area contributed by atoms with Gasteiger partial charge in [0.2, 0.25) is 5.91 Å². The minimum absolute atomic E-state index is 0.00453. The predicted molar refractivity (Wildman–Crippen MR) is 115 cm³/mol. The van der Waals surface area contributed by atoms with Crippen molar-refractivity contribution >= 4 is 29.2 Å². The van der Waals surface area contributed by atoms with E-state index >= 15 is 0 Å². The monoisotopic (exact) mass is 431 g/mol. The highest BCUT2D eigenvalue weighted by Gasteiger charge is 2.38. The number of β-amino-alcohol motifs (C(OH)–C–C–N with tert-alkyl or cyclic N) is 1. The van der Waals surface area contributed by atoms with E-state index in [-0.39, 0.29) is 43.5 Å². The molecule has 9 nitrogen and oxygen atoms in total. The zero-order valence-electron chi connectivity index (χ0n) is 18.4. The van der Waals surface area contributed by atoms with Crippen LogP contribution in [-0.4, -0.2) is 67.7 Å². The maximum absolute atomic E-state index is 13.0. The van der Waals surface area contributed by atoms with E-state index in [2.05, 4.69) is 5.32 Å². The second kappa shape index (κ2) is 8.97. The van der Waals surface area contributed by atoms with Gasteiger partial charge >= 0.3 is 5.97 Å². The second-order valence-corrected chi connectivity index (χ2v) is 8.23. The summed E-state index contributed by atoms with van der Waals surface area (Å²) < 4.78 is 10.8. The van der Waals surface area contributed by atoms with Crippen molar-refractivity contribution in [2.45, 2.75) is 27.2 Å². The molecule has 2 aliphatic rings. The minimum Gasteiger partial charge on any atom is -0.490 e. The molecular formula is C22H29N3O6. The maximum Gasteiger partial charge on any atom is 0.337 e. The Morgan fingerprint density at radius 1 is 1.29 bits per heavy atom. The summed E-state index contributed by atoms with van der Waals surface area (Å²) in [4.78, 5) is 41.0. The number of nitrogens with one attached hydrogen (secondary N) is 1. The number of carbonyl (C=O) groups is 3. The highest BCUT2D eigenvalue weighted by molar-refractivity contribution is 6.08. The minimum atomic E-state index is -0.672. The quantitative estimate of drug-likeness (QED) is 0.630. The fraction of sp³-hybridized carbons (Fsp3) is 0.500. The zero-order valence-corrected chi connectivity index (χ0v) is 18.4. The van der Waals surface area contributed by atoms with Crippen LogP contribution in [0.5, 0.6) is 5.75 Å². The third kappa shape index (κ3) is 4.36. The summed E-state index contributed by atoms with van der Waals surface area (Å²) in [5.74, 6) is -0.483. The SMILES string of the molecule is CCCN1C(=O)C(C)(C)COc2cc(NC3=C(C(=O)OC)CN(CCO)C3=O)ccc21. The maximum atomic E-state index is 13.0. The van der Waals surface area contributed by atoms with Gasteiger partial charge in [-0.1, -0.05) is 6.92 Å². The zero-order chi connectivity index (χ0) is 22.8. The van der Waals surface area contributed by atoms with E-state index in [0.717, 1.165) is 6.42 Å². The number of rotatable bonds is 7. The number of ether oxygens (including phenoxy) is 2. The molecule has 2 aliphatic heterocycles. The first-order chi connectivity index (χ1) is 14.7. The average Bonchev–Trinajstić information content (AvgIpc) is 3.01. The Labute approximate surface area is 181 Å². The van der Waals surface area contributed by atoms with Gasteiger partial charge in [-0.25, -0.2) is 4.79 Å². The summed E-state index contributed by atoms with van der Waals surface area (Å²) >= 11 is 0. The molecule has 168 valence electrons.